The van der Waals surface area contributed by atoms with Gasteiger partial charge in [-0.25, -0.2) is 4.99 Å². The Labute approximate surface area is 60.4 Å². The molecule has 0 aliphatic rings. The molecule has 0 heterocycles. The van der Waals surface area contributed by atoms with Crippen LogP contribution >= 0.6 is 0 Å². The number of nitrogens with one attached hydrogen (secondary N) is 1. The summed E-state index contributed by atoms with van der Waals surface area (Å²) in [5.74, 6) is 0.530. The van der Waals surface area contributed by atoms with E-state index < -0.39 is 0 Å². The van der Waals surface area contributed by atoms with Crippen LogP contribution in [0, 0.1) is 11.3 Å². The summed E-state index contributed by atoms with van der Waals surface area (Å²) in [6, 6.07) is 0. The molecule has 0 aliphatic carbocycles. The lowest BCUT2D eigenvalue weighted by atomic mass is 10.2. The maximum atomic E-state index is 6.90. The minimum atomic E-state index is -0.0511. The molecule has 3 N–H and O–H groups in total. The van der Waals surface area contributed by atoms with E-state index in [4.69, 9.17) is 11.1 Å². The van der Waals surface area contributed by atoms with E-state index in [1.54, 1.807) is 7.05 Å². The zero-order chi connectivity index (χ0) is 7.98. The summed E-state index contributed by atoms with van der Waals surface area (Å²) in [4.78, 5) is 7.60. The number of rotatable bonds is 2. The second kappa shape index (κ2) is 4.67. The predicted octanol–water partition coefficient (Wildman–Crippen LogP) is 0.287. The second-order valence-corrected chi connectivity index (χ2v) is 1.82. The van der Waals surface area contributed by atoms with Crippen molar-refractivity contribution in [1.29, 1.82) is 5.41 Å². The van der Waals surface area contributed by atoms with Gasteiger partial charge in [0.15, 0.2) is 0 Å². The Morgan fingerprint density at radius 2 is 2.30 bits per heavy atom. The summed E-state index contributed by atoms with van der Waals surface area (Å²) in [6.45, 7) is 1.84. The highest BCUT2D eigenvalue weighted by atomic mass is 14.9. The molecule has 10 heavy (non-hydrogen) atoms. The third kappa shape index (κ3) is 2.39. The van der Waals surface area contributed by atoms with E-state index in [0.717, 1.165) is 0 Å². The first-order chi connectivity index (χ1) is 4.76. The Morgan fingerprint density at radius 1 is 1.70 bits per heavy atom. The monoisotopic (exact) mass is 140 g/mol. The smallest absolute Gasteiger partial charge is 0.132 e. The van der Waals surface area contributed by atoms with Crippen LogP contribution in [0.1, 0.15) is 6.92 Å². The van der Waals surface area contributed by atoms with Crippen molar-refractivity contribution < 1.29 is 0 Å². The fourth-order valence-electron chi connectivity index (χ4n) is 0.530. The summed E-state index contributed by atoms with van der Waals surface area (Å²) in [5.41, 5.74) is 5.05. The molecule has 0 saturated heterocycles. The molecule has 0 radical (unpaired) electrons. The van der Waals surface area contributed by atoms with Crippen molar-refractivity contribution in [3.8, 4) is 0 Å². The average molecular weight is 140 g/mol. The van der Waals surface area contributed by atoms with Crippen molar-refractivity contribution in [2.75, 3.05) is 7.05 Å². The quantitative estimate of drug-likeness (QED) is 0.419. The van der Waals surface area contributed by atoms with Gasteiger partial charge in [0, 0.05) is 13.3 Å². The van der Waals surface area contributed by atoms with Crippen LogP contribution < -0.4 is 5.73 Å². The third-order valence-electron chi connectivity index (χ3n) is 1.09. The van der Waals surface area contributed by atoms with Crippen molar-refractivity contribution >= 4 is 18.4 Å². The number of aliphatic imine (C=N–C) groups is 2. The zero-order valence-electron chi connectivity index (χ0n) is 6.20. The van der Waals surface area contributed by atoms with Crippen LogP contribution in [-0.4, -0.2) is 25.4 Å². The fourth-order valence-corrected chi connectivity index (χ4v) is 0.530. The van der Waals surface area contributed by atoms with Gasteiger partial charge in [0.25, 0.3) is 0 Å². The highest BCUT2D eigenvalue weighted by Gasteiger charge is 2.02. The molecular weight excluding hydrogens is 128 g/mol. The minimum absolute atomic E-state index is 0.0511. The van der Waals surface area contributed by atoms with Crippen molar-refractivity contribution in [3.05, 3.63) is 0 Å². The van der Waals surface area contributed by atoms with Crippen LogP contribution in [0.15, 0.2) is 9.98 Å². The number of hydrogen-bond donors (Lipinski definition) is 2. The van der Waals surface area contributed by atoms with E-state index >= 15 is 0 Å². The van der Waals surface area contributed by atoms with Gasteiger partial charge in [-0.05, 0) is 0 Å². The molecule has 0 bridgehead atoms. The lowest BCUT2D eigenvalue weighted by Gasteiger charge is -2.00. The summed E-state index contributed by atoms with van der Waals surface area (Å²) >= 11 is 0. The van der Waals surface area contributed by atoms with Gasteiger partial charge in [0.1, 0.15) is 5.84 Å². The lowest BCUT2D eigenvalue weighted by molar-refractivity contribution is 1.04. The van der Waals surface area contributed by atoms with Crippen LogP contribution in [0.2, 0.25) is 0 Å². The van der Waals surface area contributed by atoms with Gasteiger partial charge in [-0.2, -0.15) is 0 Å². The van der Waals surface area contributed by atoms with E-state index in [2.05, 4.69) is 9.98 Å². The number of nitrogens with zero attached hydrogens (tertiary/aromatic N) is 2. The molecule has 0 saturated carbocycles. The van der Waals surface area contributed by atoms with E-state index in [1.807, 2.05) is 6.92 Å². The van der Waals surface area contributed by atoms with Crippen LogP contribution in [-0.2, 0) is 0 Å². The molecule has 4 heteroatoms. The number of nitrogens with two attached hydrogens (primary N) is 1. The molecule has 0 fully saturated rings. The van der Waals surface area contributed by atoms with Gasteiger partial charge in [-0.3, -0.25) is 4.99 Å². The number of hydrogen-bond acceptors (Lipinski definition) is 2. The van der Waals surface area contributed by atoms with E-state index in [0.29, 0.717) is 5.84 Å². The first-order valence-electron chi connectivity index (χ1n) is 2.97. The number of amidine groups is 1. The van der Waals surface area contributed by atoms with Crippen LogP contribution in [0.4, 0.5) is 0 Å². The van der Waals surface area contributed by atoms with Gasteiger partial charge in [0.05, 0.1) is 12.3 Å². The molecule has 0 aliphatic heterocycles. The first kappa shape index (κ1) is 8.81. The summed E-state index contributed by atoms with van der Waals surface area (Å²) in [7, 11) is 1.63. The molecule has 0 aromatic carbocycles. The van der Waals surface area contributed by atoms with E-state index in [9.17, 15) is 0 Å². The fraction of sp³-hybridized carbons (Fsp3) is 0.500. The first-order valence-corrected chi connectivity index (χ1v) is 2.97. The molecule has 0 aromatic heterocycles. The molecule has 4 nitrogen and oxygen atoms in total. The Kier molecular flexibility index (Phi) is 4.11. The topological polar surface area (TPSA) is 74.6 Å². The maximum absolute atomic E-state index is 6.90. The molecule has 56 valence electrons. The Morgan fingerprint density at radius 3 is 2.60 bits per heavy atom. The molecule has 0 amide bonds. The standard InChI is InChI=1S/C6H12N4/c1-5(3-7)6(9-2)10-4-8/h3-5,7H,1-2H3,(H2,8,9,10). The Balaban J connectivity index is 4.21. The van der Waals surface area contributed by atoms with Gasteiger partial charge in [-0.1, -0.05) is 6.92 Å². The molecule has 1 atom stereocenters. The third-order valence-corrected chi connectivity index (χ3v) is 1.09. The van der Waals surface area contributed by atoms with Gasteiger partial charge in [-0.15, -0.1) is 0 Å². The largest absolute Gasteiger partial charge is 0.390 e. The highest BCUT2D eigenvalue weighted by Crippen LogP contribution is 1.94. The normalized spacial score (nSPS) is 15.6. The van der Waals surface area contributed by atoms with E-state index in [1.165, 1.54) is 12.6 Å². The van der Waals surface area contributed by atoms with Crippen molar-refractivity contribution in [1.82, 2.24) is 0 Å². The molecule has 0 aromatic rings. The Hall–Kier alpha value is -1.19. The van der Waals surface area contributed by atoms with E-state index in [-0.39, 0.29) is 5.92 Å². The average Bonchev–Trinajstić information content (AvgIpc) is 1.99. The molecule has 0 rings (SSSR count). The minimum Gasteiger partial charge on any atom is -0.390 e. The van der Waals surface area contributed by atoms with Crippen LogP contribution in [0.3, 0.4) is 0 Å². The highest BCUT2D eigenvalue weighted by molar-refractivity contribution is 5.99. The van der Waals surface area contributed by atoms with Crippen molar-refractivity contribution in [3.63, 3.8) is 0 Å². The summed E-state index contributed by atoms with van der Waals surface area (Å²) < 4.78 is 0. The van der Waals surface area contributed by atoms with Gasteiger partial charge in [0.2, 0.25) is 0 Å². The van der Waals surface area contributed by atoms with Gasteiger partial charge >= 0.3 is 0 Å². The van der Waals surface area contributed by atoms with Gasteiger partial charge < -0.3 is 11.1 Å². The Bertz CT molecular complexity index is 159. The van der Waals surface area contributed by atoms with Crippen LogP contribution in [0.25, 0.3) is 0 Å². The van der Waals surface area contributed by atoms with Crippen LogP contribution in [0.5, 0.6) is 0 Å². The van der Waals surface area contributed by atoms with Crippen molar-refractivity contribution in [2.24, 2.45) is 21.6 Å². The zero-order valence-corrected chi connectivity index (χ0v) is 6.20. The maximum Gasteiger partial charge on any atom is 0.132 e. The second-order valence-electron chi connectivity index (χ2n) is 1.82. The summed E-state index contributed by atoms with van der Waals surface area (Å²) in [6.07, 6.45) is 2.46. The predicted molar refractivity (Wildman–Crippen MR) is 44.0 cm³/mol. The molecule has 0 spiro atoms. The van der Waals surface area contributed by atoms with Crippen molar-refractivity contribution in [2.45, 2.75) is 6.92 Å². The SMILES string of the molecule is CN=C(N=CN)C(C)C=N. The molecular formula is C6H12N4. The lowest BCUT2D eigenvalue weighted by Crippen LogP contribution is -2.10. The summed E-state index contributed by atoms with van der Waals surface area (Å²) in [5, 5.41) is 6.90. The molecule has 1 unspecified atom stereocenters.